The normalized spacial score (nSPS) is 20.8. The molecule has 3 nitrogen and oxygen atoms in total. The second-order valence-corrected chi connectivity index (χ2v) is 4.85. The molecule has 1 heterocycles. The van der Waals surface area contributed by atoms with Crippen LogP contribution in [0.25, 0.3) is 0 Å². The van der Waals surface area contributed by atoms with E-state index in [1.807, 2.05) is 0 Å². The number of hydrogen-bond donors (Lipinski definition) is 1. The van der Waals surface area contributed by atoms with Crippen molar-refractivity contribution in [1.29, 1.82) is 0 Å². The molecular formula is C14H22N2O. The number of rotatable bonds is 4. The molecule has 94 valence electrons. The van der Waals surface area contributed by atoms with Crippen LogP contribution in [0.3, 0.4) is 0 Å². The summed E-state index contributed by atoms with van der Waals surface area (Å²) in [6.07, 6.45) is 0. The Hall–Kier alpha value is -0.900. The molecule has 0 bridgehead atoms. The molecule has 0 radical (unpaired) electrons. The molecule has 17 heavy (non-hydrogen) atoms. The topological polar surface area (TPSA) is 24.5 Å². The first-order valence-corrected chi connectivity index (χ1v) is 6.30. The van der Waals surface area contributed by atoms with Gasteiger partial charge >= 0.3 is 0 Å². The van der Waals surface area contributed by atoms with Crippen molar-refractivity contribution in [1.82, 2.24) is 10.2 Å². The Labute approximate surface area is 104 Å². The van der Waals surface area contributed by atoms with Gasteiger partial charge in [-0.3, -0.25) is 0 Å². The van der Waals surface area contributed by atoms with Crippen LogP contribution in [-0.4, -0.2) is 44.3 Å². The zero-order valence-corrected chi connectivity index (χ0v) is 10.8. The predicted octanol–water partition coefficient (Wildman–Crippen LogP) is 1.42. The van der Waals surface area contributed by atoms with Crippen molar-refractivity contribution < 1.29 is 4.74 Å². The van der Waals surface area contributed by atoms with E-state index in [1.54, 1.807) is 0 Å². The van der Waals surface area contributed by atoms with Crippen molar-refractivity contribution in [2.45, 2.75) is 19.5 Å². The highest BCUT2D eigenvalue weighted by atomic mass is 16.5. The average Bonchev–Trinajstić information content (AvgIpc) is 2.33. The number of nitrogens with one attached hydrogen (secondary N) is 1. The molecule has 1 atom stereocenters. The molecule has 1 N–H and O–H groups in total. The summed E-state index contributed by atoms with van der Waals surface area (Å²) < 4.78 is 5.47. The third-order valence-electron chi connectivity index (χ3n) is 3.23. The Bertz CT molecular complexity index is 348. The largest absolute Gasteiger partial charge is 0.378 e. The van der Waals surface area contributed by atoms with Crippen LogP contribution in [0.2, 0.25) is 0 Å². The highest BCUT2D eigenvalue weighted by molar-refractivity contribution is 5.25. The van der Waals surface area contributed by atoms with Gasteiger partial charge in [-0.2, -0.15) is 0 Å². The van der Waals surface area contributed by atoms with Crippen LogP contribution in [0.4, 0.5) is 0 Å². The summed E-state index contributed by atoms with van der Waals surface area (Å²) in [5.74, 6) is 0. The molecule has 3 heteroatoms. The van der Waals surface area contributed by atoms with Gasteiger partial charge in [-0.15, -0.1) is 0 Å². The van der Waals surface area contributed by atoms with E-state index in [0.717, 1.165) is 32.8 Å². The molecule has 0 spiro atoms. The number of aryl methyl sites for hydroxylation is 1. The van der Waals surface area contributed by atoms with Crippen LogP contribution < -0.4 is 5.32 Å². The lowest BCUT2D eigenvalue weighted by atomic mass is 10.1. The maximum atomic E-state index is 5.47. The molecular weight excluding hydrogens is 212 g/mol. The van der Waals surface area contributed by atoms with Gasteiger partial charge in [-0.1, -0.05) is 24.3 Å². The number of ether oxygens (including phenoxy) is 1. The van der Waals surface area contributed by atoms with E-state index in [4.69, 9.17) is 4.74 Å². The van der Waals surface area contributed by atoms with Gasteiger partial charge in [-0.05, 0) is 25.1 Å². The van der Waals surface area contributed by atoms with Crippen LogP contribution in [0, 0.1) is 6.92 Å². The first-order valence-electron chi connectivity index (χ1n) is 6.30. The quantitative estimate of drug-likeness (QED) is 0.852. The van der Waals surface area contributed by atoms with Crippen LogP contribution in [0.5, 0.6) is 0 Å². The molecule has 1 aromatic carbocycles. The van der Waals surface area contributed by atoms with Crippen molar-refractivity contribution in [3.8, 4) is 0 Å². The fourth-order valence-electron chi connectivity index (χ4n) is 2.26. The molecule has 0 amide bonds. The highest BCUT2D eigenvalue weighted by Crippen LogP contribution is 2.09. The van der Waals surface area contributed by atoms with Crippen molar-refractivity contribution in [3.63, 3.8) is 0 Å². The summed E-state index contributed by atoms with van der Waals surface area (Å²) in [6.45, 7) is 6.86. The third-order valence-corrected chi connectivity index (χ3v) is 3.23. The van der Waals surface area contributed by atoms with Crippen molar-refractivity contribution in [2.75, 3.05) is 33.4 Å². The summed E-state index contributed by atoms with van der Waals surface area (Å²) in [4.78, 5) is 2.36. The summed E-state index contributed by atoms with van der Waals surface area (Å²) in [5.41, 5.74) is 2.78. The van der Waals surface area contributed by atoms with E-state index in [1.165, 1.54) is 11.1 Å². The van der Waals surface area contributed by atoms with Gasteiger partial charge in [0.05, 0.1) is 13.2 Å². The van der Waals surface area contributed by atoms with Crippen LogP contribution >= 0.6 is 0 Å². The first kappa shape index (κ1) is 12.6. The Balaban J connectivity index is 1.84. The van der Waals surface area contributed by atoms with Crippen LogP contribution in [-0.2, 0) is 11.3 Å². The number of hydrogen-bond acceptors (Lipinski definition) is 3. The molecule has 0 saturated carbocycles. The van der Waals surface area contributed by atoms with E-state index < -0.39 is 0 Å². The molecule has 2 rings (SSSR count). The smallest absolute Gasteiger partial charge is 0.0632 e. The minimum absolute atomic E-state index is 0.470. The summed E-state index contributed by atoms with van der Waals surface area (Å²) in [6, 6.07) is 9.05. The van der Waals surface area contributed by atoms with E-state index in [9.17, 15) is 0 Å². The van der Waals surface area contributed by atoms with E-state index in [-0.39, 0.29) is 0 Å². The SMILES string of the molecule is Cc1ccccc1CN(C)CC1COCCN1. The fourth-order valence-corrected chi connectivity index (χ4v) is 2.26. The number of nitrogens with zero attached hydrogens (tertiary/aromatic N) is 1. The molecule has 0 aromatic heterocycles. The van der Waals surface area contributed by atoms with E-state index >= 15 is 0 Å². The maximum absolute atomic E-state index is 5.47. The molecule has 1 unspecified atom stereocenters. The van der Waals surface area contributed by atoms with Crippen LogP contribution in [0.1, 0.15) is 11.1 Å². The fraction of sp³-hybridized carbons (Fsp3) is 0.571. The minimum atomic E-state index is 0.470. The van der Waals surface area contributed by atoms with Crippen LogP contribution in [0.15, 0.2) is 24.3 Å². The Morgan fingerprint density at radius 1 is 1.41 bits per heavy atom. The summed E-state index contributed by atoms with van der Waals surface area (Å²) >= 11 is 0. The zero-order chi connectivity index (χ0) is 12.1. The molecule has 0 aliphatic carbocycles. The molecule has 1 fully saturated rings. The Morgan fingerprint density at radius 3 is 2.94 bits per heavy atom. The van der Waals surface area contributed by atoms with Gasteiger partial charge in [0.1, 0.15) is 0 Å². The van der Waals surface area contributed by atoms with Gasteiger partial charge in [0, 0.05) is 25.7 Å². The van der Waals surface area contributed by atoms with Gasteiger partial charge in [0.15, 0.2) is 0 Å². The minimum Gasteiger partial charge on any atom is -0.378 e. The standard InChI is InChI=1S/C14H22N2O/c1-12-5-3-4-6-13(12)9-16(2)10-14-11-17-8-7-15-14/h3-6,14-15H,7-11H2,1-2H3. The zero-order valence-electron chi connectivity index (χ0n) is 10.8. The Kier molecular flexibility index (Phi) is 4.54. The summed E-state index contributed by atoms with van der Waals surface area (Å²) in [7, 11) is 2.17. The second-order valence-electron chi connectivity index (χ2n) is 4.85. The average molecular weight is 234 g/mol. The van der Waals surface area contributed by atoms with Crippen molar-refractivity contribution >= 4 is 0 Å². The lowest BCUT2D eigenvalue weighted by Gasteiger charge is -2.28. The molecule has 1 aliphatic heterocycles. The Morgan fingerprint density at radius 2 is 2.24 bits per heavy atom. The second kappa shape index (κ2) is 6.15. The van der Waals surface area contributed by atoms with Gasteiger partial charge < -0.3 is 15.0 Å². The number of likely N-dealkylation sites (N-methyl/N-ethyl adjacent to an activating group) is 1. The lowest BCUT2D eigenvalue weighted by Crippen LogP contribution is -2.47. The van der Waals surface area contributed by atoms with E-state index in [2.05, 4.69) is 48.5 Å². The maximum Gasteiger partial charge on any atom is 0.0632 e. The first-order chi connectivity index (χ1) is 8.25. The highest BCUT2D eigenvalue weighted by Gasteiger charge is 2.15. The van der Waals surface area contributed by atoms with Crippen molar-refractivity contribution in [3.05, 3.63) is 35.4 Å². The monoisotopic (exact) mass is 234 g/mol. The summed E-state index contributed by atoms with van der Waals surface area (Å²) in [5, 5.41) is 3.48. The van der Waals surface area contributed by atoms with Crippen molar-refractivity contribution in [2.24, 2.45) is 0 Å². The van der Waals surface area contributed by atoms with E-state index in [0.29, 0.717) is 6.04 Å². The molecule has 1 aliphatic rings. The number of morpholine rings is 1. The number of benzene rings is 1. The third kappa shape index (κ3) is 3.80. The molecule has 1 saturated heterocycles. The molecule has 1 aromatic rings. The predicted molar refractivity (Wildman–Crippen MR) is 70.1 cm³/mol. The van der Waals surface area contributed by atoms with Gasteiger partial charge in [0.2, 0.25) is 0 Å². The lowest BCUT2D eigenvalue weighted by molar-refractivity contribution is 0.0645. The van der Waals surface area contributed by atoms with Gasteiger partial charge in [0.25, 0.3) is 0 Å². The van der Waals surface area contributed by atoms with Gasteiger partial charge in [-0.25, -0.2) is 0 Å².